The molecule has 0 bridgehead atoms. The number of nitriles is 1. The number of aryl methyl sites for hydroxylation is 2. The summed E-state index contributed by atoms with van der Waals surface area (Å²) >= 11 is 7.80. The highest BCUT2D eigenvalue weighted by Gasteiger charge is 2.31. The molecule has 0 saturated heterocycles. The number of halogens is 1. The lowest BCUT2D eigenvalue weighted by molar-refractivity contribution is 0.0740. The van der Waals surface area contributed by atoms with Crippen LogP contribution in [0.15, 0.2) is 96.4 Å². The number of benzene rings is 4. The largest absolute Gasteiger partial charge is 0.489 e. The maximum absolute atomic E-state index is 13.1. The van der Waals surface area contributed by atoms with E-state index in [4.69, 9.17) is 31.5 Å². The van der Waals surface area contributed by atoms with Gasteiger partial charge in [-0.05, 0) is 54.8 Å². The molecule has 0 spiro atoms. The standard InChI is InChI=1S/C34H25ClN2O4S/c1-19-3-6-21(7-4-19)18-39-23-10-8-22(9-11-23)30-25-14-12-24(16-28(25)41-33(37)27(30)17-36)40-34(38)32-31(35)26-13-5-20(2)15-29(26)42-32/h3-16,30H,18,37H2,1-2H3. The molecule has 1 aliphatic heterocycles. The van der Waals surface area contributed by atoms with Crippen molar-refractivity contribution in [2.24, 2.45) is 5.73 Å². The third kappa shape index (κ3) is 5.30. The van der Waals surface area contributed by atoms with Crippen molar-refractivity contribution in [3.63, 3.8) is 0 Å². The topological polar surface area (TPSA) is 94.6 Å². The van der Waals surface area contributed by atoms with E-state index in [1.807, 2.05) is 68.4 Å². The third-order valence-electron chi connectivity index (χ3n) is 7.11. The predicted octanol–water partition coefficient (Wildman–Crippen LogP) is 8.19. The molecule has 4 aromatic carbocycles. The van der Waals surface area contributed by atoms with E-state index < -0.39 is 11.9 Å². The molecule has 2 N–H and O–H groups in total. The Labute approximate surface area is 252 Å². The first-order valence-electron chi connectivity index (χ1n) is 13.2. The monoisotopic (exact) mass is 592 g/mol. The van der Waals surface area contributed by atoms with Crippen LogP contribution in [0, 0.1) is 25.2 Å². The number of hydrogen-bond acceptors (Lipinski definition) is 7. The third-order valence-corrected chi connectivity index (χ3v) is 8.75. The van der Waals surface area contributed by atoms with Gasteiger partial charge >= 0.3 is 5.97 Å². The number of nitrogens with two attached hydrogens (primary N) is 1. The fourth-order valence-corrected chi connectivity index (χ4v) is 6.39. The van der Waals surface area contributed by atoms with Crippen LogP contribution in [-0.4, -0.2) is 5.97 Å². The Balaban J connectivity index is 1.24. The van der Waals surface area contributed by atoms with Gasteiger partial charge in [-0.1, -0.05) is 71.8 Å². The molecule has 0 radical (unpaired) electrons. The highest BCUT2D eigenvalue weighted by molar-refractivity contribution is 7.21. The van der Waals surface area contributed by atoms with Crippen molar-refractivity contribution < 1.29 is 19.0 Å². The molecule has 0 saturated carbocycles. The van der Waals surface area contributed by atoms with Crippen molar-refractivity contribution in [3.8, 4) is 23.3 Å². The van der Waals surface area contributed by atoms with E-state index in [0.29, 0.717) is 33.6 Å². The predicted molar refractivity (Wildman–Crippen MR) is 164 cm³/mol. The molecule has 8 heteroatoms. The van der Waals surface area contributed by atoms with Crippen LogP contribution in [0.5, 0.6) is 17.2 Å². The zero-order valence-corrected chi connectivity index (χ0v) is 24.4. The molecule has 1 aliphatic rings. The van der Waals surface area contributed by atoms with Gasteiger partial charge in [-0.3, -0.25) is 0 Å². The minimum absolute atomic E-state index is 0.00101. The van der Waals surface area contributed by atoms with E-state index in [-0.39, 0.29) is 11.6 Å². The second kappa shape index (κ2) is 11.2. The lowest BCUT2D eigenvalue weighted by Gasteiger charge is -2.26. The van der Waals surface area contributed by atoms with Crippen LogP contribution < -0.4 is 19.9 Å². The number of carbonyl (C=O) groups excluding carboxylic acids is 1. The number of fused-ring (bicyclic) bond motifs is 2. The molecule has 1 aromatic heterocycles. The highest BCUT2D eigenvalue weighted by atomic mass is 35.5. The van der Waals surface area contributed by atoms with E-state index in [2.05, 4.69) is 18.2 Å². The quantitative estimate of drug-likeness (QED) is 0.158. The van der Waals surface area contributed by atoms with Crippen molar-refractivity contribution in [3.05, 3.63) is 134 Å². The van der Waals surface area contributed by atoms with Gasteiger partial charge in [0.2, 0.25) is 5.88 Å². The Bertz CT molecular complexity index is 1900. The lowest BCUT2D eigenvalue weighted by Crippen LogP contribution is -2.21. The van der Waals surface area contributed by atoms with Crippen LogP contribution in [0.2, 0.25) is 5.02 Å². The summed E-state index contributed by atoms with van der Waals surface area (Å²) in [5, 5.41) is 11.1. The van der Waals surface area contributed by atoms with Gasteiger partial charge in [0.25, 0.3) is 0 Å². The molecule has 208 valence electrons. The van der Waals surface area contributed by atoms with Crippen molar-refractivity contribution in [2.75, 3.05) is 0 Å². The molecule has 6 nitrogen and oxygen atoms in total. The fraction of sp³-hybridized carbons (Fsp3) is 0.118. The summed E-state index contributed by atoms with van der Waals surface area (Å²) in [5.41, 5.74) is 11.4. The second-order valence-electron chi connectivity index (χ2n) is 10.1. The normalized spacial score (nSPS) is 14.2. The van der Waals surface area contributed by atoms with Gasteiger partial charge in [-0.25, -0.2) is 4.79 Å². The number of esters is 1. The zero-order valence-electron chi connectivity index (χ0n) is 22.8. The fourth-order valence-electron chi connectivity index (χ4n) is 4.91. The molecule has 0 fully saturated rings. The number of thiophene rings is 1. The molecule has 0 amide bonds. The summed E-state index contributed by atoms with van der Waals surface area (Å²) in [6, 6.07) is 28.8. The number of ether oxygens (including phenoxy) is 3. The SMILES string of the molecule is Cc1ccc(COc2ccc(C3C(C#N)=C(N)Oc4cc(OC(=O)c5sc6cc(C)ccc6c5Cl)ccc43)cc2)cc1. The Morgan fingerprint density at radius 2 is 1.69 bits per heavy atom. The molecule has 1 atom stereocenters. The Kier molecular flexibility index (Phi) is 7.34. The Morgan fingerprint density at radius 3 is 2.43 bits per heavy atom. The second-order valence-corrected chi connectivity index (χ2v) is 11.5. The smallest absolute Gasteiger partial charge is 0.355 e. The average Bonchev–Trinajstić information content (AvgIpc) is 3.31. The molecular formula is C34H25ClN2O4S. The summed E-state index contributed by atoms with van der Waals surface area (Å²) in [6.45, 7) is 4.48. The Morgan fingerprint density at radius 1 is 0.976 bits per heavy atom. The summed E-state index contributed by atoms with van der Waals surface area (Å²) in [4.78, 5) is 13.4. The Hall–Kier alpha value is -4.77. The van der Waals surface area contributed by atoms with E-state index in [1.54, 1.807) is 18.2 Å². The molecule has 42 heavy (non-hydrogen) atoms. The van der Waals surface area contributed by atoms with E-state index >= 15 is 0 Å². The molecule has 5 aromatic rings. The van der Waals surface area contributed by atoms with E-state index in [0.717, 1.165) is 32.3 Å². The van der Waals surface area contributed by atoms with Gasteiger partial charge in [0.05, 0.1) is 10.9 Å². The van der Waals surface area contributed by atoms with Crippen molar-refractivity contribution in [1.29, 1.82) is 5.26 Å². The lowest BCUT2D eigenvalue weighted by atomic mass is 9.83. The summed E-state index contributed by atoms with van der Waals surface area (Å²) in [6.07, 6.45) is 0. The van der Waals surface area contributed by atoms with Gasteiger partial charge in [0.1, 0.15) is 40.4 Å². The van der Waals surface area contributed by atoms with E-state index in [1.165, 1.54) is 16.9 Å². The van der Waals surface area contributed by atoms with Crippen molar-refractivity contribution in [1.82, 2.24) is 0 Å². The zero-order chi connectivity index (χ0) is 29.4. The first-order valence-corrected chi connectivity index (χ1v) is 14.4. The summed E-state index contributed by atoms with van der Waals surface area (Å²) in [7, 11) is 0. The van der Waals surface area contributed by atoms with Crippen LogP contribution in [0.4, 0.5) is 0 Å². The number of nitrogens with zero attached hydrogens (tertiary/aromatic N) is 1. The minimum atomic E-state index is -0.561. The average molecular weight is 593 g/mol. The van der Waals surface area contributed by atoms with Crippen molar-refractivity contribution >= 4 is 39.0 Å². The molecule has 0 aliphatic carbocycles. The molecule has 1 unspecified atom stereocenters. The maximum Gasteiger partial charge on any atom is 0.355 e. The number of allylic oxidation sites excluding steroid dienone is 1. The van der Waals surface area contributed by atoms with Gasteiger partial charge in [-0.2, -0.15) is 5.26 Å². The maximum atomic E-state index is 13.1. The summed E-state index contributed by atoms with van der Waals surface area (Å²) < 4.78 is 18.4. The van der Waals surface area contributed by atoms with E-state index in [9.17, 15) is 10.1 Å². The van der Waals surface area contributed by atoms with Gasteiger partial charge in [0.15, 0.2) is 0 Å². The van der Waals surface area contributed by atoms with Crippen LogP contribution in [-0.2, 0) is 6.61 Å². The van der Waals surface area contributed by atoms with Gasteiger partial charge < -0.3 is 19.9 Å². The van der Waals surface area contributed by atoms with Crippen molar-refractivity contribution in [2.45, 2.75) is 26.4 Å². The number of carbonyl (C=O) groups is 1. The van der Waals surface area contributed by atoms with Crippen LogP contribution in [0.3, 0.4) is 0 Å². The number of rotatable bonds is 6. The summed E-state index contributed by atoms with van der Waals surface area (Å²) in [5.74, 6) is 0.360. The first kappa shape index (κ1) is 27.4. The molecule has 6 rings (SSSR count). The van der Waals surface area contributed by atoms with Gasteiger partial charge in [0, 0.05) is 21.7 Å². The molecule has 2 heterocycles. The first-order chi connectivity index (χ1) is 20.3. The minimum Gasteiger partial charge on any atom is -0.489 e. The number of hydrogen-bond donors (Lipinski definition) is 1. The van der Waals surface area contributed by atoms with Crippen LogP contribution in [0.1, 0.15) is 43.4 Å². The van der Waals surface area contributed by atoms with Gasteiger partial charge in [-0.15, -0.1) is 11.3 Å². The van der Waals surface area contributed by atoms with Crippen LogP contribution >= 0.6 is 22.9 Å². The van der Waals surface area contributed by atoms with Crippen LogP contribution in [0.25, 0.3) is 10.1 Å². The highest BCUT2D eigenvalue weighted by Crippen LogP contribution is 2.44. The molecular weight excluding hydrogens is 568 g/mol.